The average molecular weight is 417 g/mol. The molecule has 7 heteroatoms. The molecule has 6 nitrogen and oxygen atoms in total. The molecule has 2 aromatic rings. The van der Waals surface area contributed by atoms with Gasteiger partial charge in [0.2, 0.25) is 5.91 Å². The Balaban J connectivity index is 1.45. The van der Waals surface area contributed by atoms with Crippen molar-refractivity contribution in [3.63, 3.8) is 0 Å². The van der Waals surface area contributed by atoms with Gasteiger partial charge in [-0.1, -0.05) is 0 Å². The Morgan fingerprint density at radius 2 is 1.93 bits per heavy atom. The smallest absolute Gasteiger partial charge is 0.251 e. The van der Waals surface area contributed by atoms with E-state index in [-0.39, 0.29) is 30.6 Å². The number of ether oxygens (including phenoxy) is 2. The number of hydrogen-bond acceptors (Lipinski definition) is 5. The van der Waals surface area contributed by atoms with E-state index >= 15 is 0 Å². The lowest BCUT2D eigenvalue weighted by Crippen LogP contribution is -2.43. The van der Waals surface area contributed by atoms with Gasteiger partial charge in [0.15, 0.2) is 0 Å². The SMILES string of the molecule is COCC(=O)N1CCC(Oc2ccc(C(=O)NC(C)Cc3ccsc3)cc2)CC1. The summed E-state index contributed by atoms with van der Waals surface area (Å²) in [5, 5.41) is 7.19. The highest BCUT2D eigenvalue weighted by Crippen LogP contribution is 2.20. The van der Waals surface area contributed by atoms with Crippen molar-refractivity contribution in [3.8, 4) is 5.75 Å². The van der Waals surface area contributed by atoms with Crippen molar-refractivity contribution in [3.05, 3.63) is 52.2 Å². The fourth-order valence-corrected chi connectivity index (χ4v) is 4.12. The lowest BCUT2D eigenvalue weighted by molar-refractivity contribution is -0.136. The van der Waals surface area contributed by atoms with Crippen LogP contribution in [0.4, 0.5) is 0 Å². The summed E-state index contributed by atoms with van der Waals surface area (Å²) in [5.41, 5.74) is 1.86. The molecule has 1 saturated heterocycles. The summed E-state index contributed by atoms with van der Waals surface area (Å²) >= 11 is 1.66. The molecule has 2 amide bonds. The molecule has 0 spiro atoms. The second-order valence-corrected chi connectivity index (χ2v) is 8.15. The van der Waals surface area contributed by atoms with Crippen molar-refractivity contribution in [1.82, 2.24) is 10.2 Å². The molecule has 1 aliphatic rings. The van der Waals surface area contributed by atoms with Crippen molar-refractivity contribution in [2.24, 2.45) is 0 Å². The summed E-state index contributed by atoms with van der Waals surface area (Å²) in [6.45, 7) is 3.49. The molecule has 0 saturated carbocycles. The Bertz CT molecular complexity index is 784. The maximum absolute atomic E-state index is 12.4. The van der Waals surface area contributed by atoms with E-state index in [0.717, 1.165) is 25.0 Å². The maximum atomic E-state index is 12.4. The van der Waals surface area contributed by atoms with Crippen LogP contribution in [0.2, 0.25) is 0 Å². The van der Waals surface area contributed by atoms with Gasteiger partial charge in [0.05, 0.1) is 0 Å². The highest BCUT2D eigenvalue weighted by Gasteiger charge is 2.23. The Labute approximate surface area is 175 Å². The van der Waals surface area contributed by atoms with Crippen molar-refractivity contribution >= 4 is 23.2 Å². The largest absolute Gasteiger partial charge is 0.490 e. The third-order valence-corrected chi connectivity index (χ3v) is 5.71. The molecule has 1 aromatic heterocycles. The average Bonchev–Trinajstić information content (AvgIpc) is 3.22. The summed E-state index contributed by atoms with van der Waals surface area (Å²) in [4.78, 5) is 26.1. The van der Waals surface area contributed by atoms with Gasteiger partial charge in [0.25, 0.3) is 5.91 Å². The molecule has 156 valence electrons. The monoisotopic (exact) mass is 416 g/mol. The zero-order valence-corrected chi connectivity index (χ0v) is 17.7. The predicted octanol–water partition coefficient (Wildman–Crippen LogP) is 3.13. The van der Waals surface area contributed by atoms with E-state index in [9.17, 15) is 9.59 Å². The quantitative estimate of drug-likeness (QED) is 0.718. The first-order valence-corrected chi connectivity index (χ1v) is 10.8. The van der Waals surface area contributed by atoms with Crippen LogP contribution in [-0.2, 0) is 16.0 Å². The number of carbonyl (C=O) groups is 2. The van der Waals surface area contributed by atoms with Gasteiger partial charge in [-0.15, -0.1) is 0 Å². The van der Waals surface area contributed by atoms with Crippen LogP contribution in [0.1, 0.15) is 35.7 Å². The fraction of sp³-hybridized carbons (Fsp3) is 0.455. The van der Waals surface area contributed by atoms with E-state index in [1.807, 2.05) is 29.3 Å². The molecule has 3 rings (SSSR count). The third-order valence-electron chi connectivity index (χ3n) is 4.98. The highest BCUT2D eigenvalue weighted by atomic mass is 32.1. The number of nitrogens with zero attached hydrogens (tertiary/aromatic N) is 1. The normalized spacial score (nSPS) is 15.7. The molecule has 1 unspecified atom stereocenters. The second kappa shape index (κ2) is 10.4. The molecule has 1 atom stereocenters. The van der Waals surface area contributed by atoms with Crippen LogP contribution in [0, 0.1) is 0 Å². The molecular weight excluding hydrogens is 388 g/mol. The van der Waals surface area contributed by atoms with Gasteiger partial charge < -0.3 is 19.7 Å². The molecule has 2 heterocycles. The molecule has 0 aliphatic carbocycles. The number of thiophene rings is 1. The summed E-state index contributed by atoms with van der Waals surface area (Å²) in [5.74, 6) is 0.688. The number of piperidine rings is 1. The number of nitrogens with one attached hydrogen (secondary N) is 1. The van der Waals surface area contributed by atoms with Crippen LogP contribution in [0.25, 0.3) is 0 Å². The lowest BCUT2D eigenvalue weighted by Gasteiger charge is -2.32. The summed E-state index contributed by atoms with van der Waals surface area (Å²) in [6.07, 6.45) is 2.48. The Morgan fingerprint density at radius 3 is 2.55 bits per heavy atom. The van der Waals surface area contributed by atoms with Crippen LogP contribution < -0.4 is 10.1 Å². The number of carbonyl (C=O) groups excluding carboxylic acids is 2. The van der Waals surface area contributed by atoms with E-state index < -0.39 is 0 Å². The highest BCUT2D eigenvalue weighted by molar-refractivity contribution is 7.07. The number of hydrogen-bond donors (Lipinski definition) is 1. The van der Waals surface area contributed by atoms with Gasteiger partial charge >= 0.3 is 0 Å². The summed E-state index contributed by atoms with van der Waals surface area (Å²) in [6, 6.07) is 9.40. The van der Waals surface area contributed by atoms with Crippen LogP contribution in [0.15, 0.2) is 41.1 Å². The number of methoxy groups -OCH3 is 1. The molecule has 1 fully saturated rings. The number of rotatable bonds is 8. The van der Waals surface area contributed by atoms with E-state index in [2.05, 4.69) is 16.8 Å². The molecular formula is C22H28N2O4S. The zero-order chi connectivity index (χ0) is 20.6. The Hall–Kier alpha value is -2.38. The number of likely N-dealkylation sites (tertiary alicyclic amines) is 1. The van der Waals surface area contributed by atoms with Crippen molar-refractivity contribution in [2.45, 2.75) is 38.3 Å². The summed E-state index contributed by atoms with van der Waals surface area (Å²) in [7, 11) is 1.53. The van der Waals surface area contributed by atoms with E-state index in [0.29, 0.717) is 18.7 Å². The molecule has 29 heavy (non-hydrogen) atoms. The van der Waals surface area contributed by atoms with E-state index in [1.54, 1.807) is 23.5 Å². The Morgan fingerprint density at radius 1 is 1.21 bits per heavy atom. The van der Waals surface area contributed by atoms with Crippen molar-refractivity contribution in [2.75, 3.05) is 26.8 Å². The van der Waals surface area contributed by atoms with Crippen LogP contribution in [-0.4, -0.2) is 55.7 Å². The maximum Gasteiger partial charge on any atom is 0.251 e. The van der Waals surface area contributed by atoms with Gasteiger partial charge in [-0.05, 0) is 60.0 Å². The van der Waals surface area contributed by atoms with Gasteiger partial charge in [-0.2, -0.15) is 11.3 Å². The third kappa shape index (κ3) is 6.30. The summed E-state index contributed by atoms with van der Waals surface area (Å²) < 4.78 is 10.9. The van der Waals surface area contributed by atoms with Gasteiger partial charge in [0, 0.05) is 44.6 Å². The molecule has 0 radical (unpaired) electrons. The molecule has 1 aromatic carbocycles. The lowest BCUT2D eigenvalue weighted by atomic mass is 10.1. The van der Waals surface area contributed by atoms with E-state index in [1.165, 1.54) is 12.7 Å². The minimum absolute atomic E-state index is 0.0227. The van der Waals surface area contributed by atoms with Crippen LogP contribution >= 0.6 is 11.3 Å². The first-order valence-electron chi connectivity index (χ1n) is 9.90. The van der Waals surface area contributed by atoms with Crippen LogP contribution in [0.3, 0.4) is 0 Å². The fourth-order valence-electron chi connectivity index (χ4n) is 3.44. The predicted molar refractivity (Wildman–Crippen MR) is 113 cm³/mol. The first-order chi connectivity index (χ1) is 14.0. The van der Waals surface area contributed by atoms with Gasteiger partial charge in [-0.3, -0.25) is 9.59 Å². The van der Waals surface area contributed by atoms with E-state index in [4.69, 9.17) is 9.47 Å². The second-order valence-electron chi connectivity index (χ2n) is 7.37. The molecule has 1 aliphatic heterocycles. The topological polar surface area (TPSA) is 67.9 Å². The zero-order valence-electron chi connectivity index (χ0n) is 16.9. The molecule has 0 bridgehead atoms. The van der Waals surface area contributed by atoms with Crippen LogP contribution in [0.5, 0.6) is 5.75 Å². The number of benzene rings is 1. The number of amides is 2. The van der Waals surface area contributed by atoms with Crippen molar-refractivity contribution < 1.29 is 19.1 Å². The first kappa shape index (κ1) is 21.3. The van der Waals surface area contributed by atoms with Crippen molar-refractivity contribution in [1.29, 1.82) is 0 Å². The Kier molecular flexibility index (Phi) is 7.66. The standard InChI is InChI=1S/C22H28N2O4S/c1-16(13-17-9-12-29-15-17)23-22(26)18-3-5-19(6-4-18)28-20-7-10-24(11-8-20)21(25)14-27-2/h3-6,9,12,15-16,20H,7-8,10-11,13-14H2,1-2H3,(H,23,26). The molecule has 1 N–H and O–H groups in total. The van der Waals surface area contributed by atoms with Gasteiger partial charge in [0.1, 0.15) is 18.5 Å². The minimum Gasteiger partial charge on any atom is -0.490 e. The van der Waals surface area contributed by atoms with Gasteiger partial charge in [-0.25, -0.2) is 0 Å². The minimum atomic E-state index is -0.0794.